The number of hydrogen-bond acceptors (Lipinski definition) is 2. The van der Waals surface area contributed by atoms with Gasteiger partial charge in [-0.2, -0.15) is 0 Å². The minimum Gasteiger partial charge on any atom is -0.392 e. The smallest absolute Gasteiger partial charge is 0.0665 e. The van der Waals surface area contributed by atoms with Gasteiger partial charge in [-0.1, -0.05) is 13.8 Å². The summed E-state index contributed by atoms with van der Waals surface area (Å²) >= 11 is 0. The summed E-state index contributed by atoms with van der Waals surface area (Å²) in [5.41, 5.74) is 0. The fourth-order valence-electron chi connectivity index (χ4n) is 1.67. The molecule has 1 fully saturated rings. The van der Waals surface area contributed by atoms with Crippen LogP contribution in [0.5, 0.6) is 0 Å². The average molecular weight is 157 g/mol. The lowest BCUT2D eigenvalue weighted by Gasteiger charge is -2.28. The molecule has 0 radical (unpaired) electrons. The molecule has 2 N–H and O–H groups in total. The highest BCUT2D eigenvalue weighted by atomic mass is 16.3. The zero-order chi connectivity index (χ0) is 8.27. The van der Waals surface area contributed by atoms with Crippen LogP contribution in [0.2, 0.25) is 0 Å². The van der Waals surface area contributed by atoms with E-state index in [0.717, 1.165) is 25.3 Å². The van der Waals surface area contributed by atoms with Crippen molar-refractivity contribution in [3.05, 3.63) is 0 Å². The maximum absolute atomic E-state index is 9.20. The van der Waals surface area contributed by atoms with Crippen LogP contribution in [0.3, 0.4) is 0 Å². The molecule has 11 heavy (non-hydrogen) atoms. The maximum Gasteiger partial charge on any atom is 0.0665 e. The molecule has 2 heteroatoms. The van der Waals surface area contributed by atoms with Gasteiger partial charge in [-0.15, -0.1) is 0 Å². The number of hydrogen-bond donors (Lipinski definition) is 2. The molecule has 1 heterocycles. The standard InChI is InChI=1S/C9H19NO/c1-7(2)5-8-3-4-9(11)6-10-8/h7-11H,3-6H2,1-2H3/t8?,9-/m1/s1. The van der Waals surface area contributed by atoms with Gasteiger partial charge in [0.2, 0.25) is 0 Å². The Morgan fingerprint density at radius 1 is 1.45 bits per heavy atom. The molecule has 0 bridgehead atoms. The highest BCUT2D eigenvalue weighted by Gasteiger charge is 2.18. The third-order valence-corrected chi connectivity index (χ3v) is 2.25. The van der Waals surface area contributed by atoms with Crippen molar-refractivity contribution in [3.63, 3.8) is 0 Å². The Hall–Kier alpha value is -0.0800. The van der Waals surface area contributed by atoms with Crippen LogP contribution < -0.4 is 5.32 Å². The van der Waals surface area contributed by atoms with E-state index in [2.05, 4.69) is 19.2 Å². The SMILES string of the molecule is CC(C)CC1CC[C@@H](O)CN1. The lowest BCUT2D eigenvalue weighted by Crippen LogP contribution is -2.41. The summed E-state index contributed by atoms with van der Waals surface area (Å²) in [6.45, 7) is 5.27. The van der Waals surface area contributed by atoms with Crippen LogP contribution in [0, 0.1) is 5.92 Å². The van der Waals surface area contributed by atoms with Gasteiger partial charge in [0, 0.05) is 12.6 Å². The Labute approximate surface area is 69.0 Å². The van der Waals surface area contributed by atoms with Gasteiger partial charge < -0.3 is 10.4 Å². The second-order valence-corrected chi connectivity index (χ2v) is 3.97. The zero-order valence-electron chi connectivity index (χ0n) is 7.51. The minimum atomic E-state index is -0.0987. The van der Waals surface area contributed by atoms with Gasteiger partial charge >= 0.3 is 0 Å². The summed E-state index contributed by atoms with van der Waals surface area (Å²) in [5, 5.41) is 12.5. The van der Waals surface area contributed by atoms with Gasteiger partial charge in [-0.3, -0.25) is 0 Å². The Bertz CT molecular complexity index is 106. The fraction of sp³-hybridized carbons (Fsp3) is 1.00. The van der Waals surface area contributed by atoms with Crippen LogP contribution in [0.4, 0.5) is 0 Å². The van der Waals surface area contributed by atoms with Crippen LogP contribution in [0.25, 0.3) is 0 Å². The molecule has 2 atom stereocenters. The normalized spacial score (nSPS) is 32.7. The van der Waals surface area contributed by atoms with Crippen LogP contribution in [0.1, 0.15) is 33.1 Å². The monoisotopic (exact) mass is 157 g/mol. The molecular formula is C9H19NO. The molecule has 0 aromatic rings. The van der Waals surface area contributed by atoms with E-state index in [-0.39, 0.29) is 6.10 Å². The average Bonchev–Trinajstić information content (AvgIpc) is 1.93. The molecular weight excluding hydrogens is 138 g/mol. The highest BCUT2D eigenvalue weighted by Crippen LogP contribution is 2.14. The van der Waals surface area contributed by atoms with Gasteiger partial charge in [-0.05, 0) is 25.2 Å². The molecule has 0 aromatic carbocycles. The van der Waals surface area contributed by atoms with Crippen molar-refractivity contribution >= 4 is 0 Å². The molecule has 0 spiro atoms. The van der Waals surface area contributed by atoms with Gasteiger partial charge in [-0.25, -0.2) is 0 Å². The predicted octanol–water partition coefficient (Wildman–Crippen LogP) is 1.15. The first-order valence-electron chi connectivity index (χ1n) is 4.60. The van der Waals surface area contributed by atoms with Crippen molar-refractivity contribution in [1.29, 1.82) is 0 Å². The summed E-state index contributed by atoms with van der Waals surface area (Å²) < 4.78 is 0. The number of piperidine rings is 1. The first-order chi connectivity index (χ1) is 5.18. The largest absolute Gasteiger partial charge is 0.392 e. The van der Waals surface area contributed by atoms with Gasteiger partial charge in [0.05, 0.1) is 6.10 Å². The summed E-state index contributed by atoms with van der Waals surface area (Å²) in [7, 11) is 0. The van der Waals surface area contributed by atoms with Crippen molar-refractivity contribution < 1.29 is 5.11 Å². The quantitative estimate of drug-likeness (QED) is 0.630. The maximum atomic E-state index is 9.20. The third-order valence-electron chi connectivity index (χ3n) is 2.25. The van der Waals surface area contributed by atoms with Crippen LogP contribution in [-0.4, -0.2) is 23.8 Å². The molecule has 1 rings (SSSR count). The minimum absolute atomic E-state index is 0.0987. The van der Waals surface area contributed by atoms with Crippen LogP contribution in [0.15, 0.2) is 0 Å². The molecule has 1 aliphatic rings. The molecule has 1 unspecified atom stereocenters. The molecule has 1 aliphatic heterocycles. The van der Waals surface area contributed by atoms with E-state index in [9.17, 15) is 5.11 Å². The molecule has 0 aliphatic carbocycles. The molecule has 1 saturated heterocycles. The molecule has 0 amide bonds. The molecule has 66 valence electrons. The van der Waals surface area contributed by atoms with E-state index in [1.54, 1.807) is 0 Å². The Morgan fingerprint density at radius 2 is 2.18 bits per heavy atom. The van der Waals surface area contributed by atoms with E-state index >= 15 is 0 Å². The van der Waals surface area contributed by atoms with Crippen molar-refractivity contribution in [2.24, 2.45) is 5.92 Å². The number of rotatable bonds is 2. The number of nitrogens with one attached hydrogen (secondary N) is 1. The molecule has 0 saturated carbocycles. The Morgan fingerprint density at radius 3 is 2.64 bits per heavy atom. The first-order valence-corrected chi connectivity index (χ1v) is 4.60. The van der Waals surface area contributed by atoms with Gasteiger partial charge in [0.25, 0.3) is 0 Å². The summed E-state index contributed by atoms with van der Waals surface area (Å²) in [6.07, 6.45) is 3.26. The number of aliphatic hydroxyl groups is 1. The van der Waals surface area contributed by atoms with Gasteiger partial charge in [0.1, 0.15) is 0 Å². The second-order valence-electron chi connectivity index (χ2n) is 3.97. The number of aliphatic hydroxyl groups excluding tert-OH is 1. The van der Waals surface area contributed by atoms with E-state index in [0.29, 0.717) is 6.04 Å². The van der Waals surface area contributed by atoms with E-state index in [1.165, 1.54) is 6.42 Å². The van der Waals surface area contributed by atoms with Crippen molar-refractivity contribution in [2.75, 3.05) is 6.54 Å². The van der Waals surface area contributed by atoms with E-state index in [1.807, 2.05) is 0 Å². The van der Waals surface area contributed by atoms with Crippen molar-refractivity contribution in [2.45, 2.75) is 45.3 Å². The predicted molar refractivity (Wildman–Crippen MR) is 46.5 cm³/mol. The molecule has 2 nitrogen and oxygen atoms in total. The fourth-order valence-corrected chi connectivity index (χ4v) is 1.67. The summed E-state index contributed by atoms with van der Waals surface area (Å²) in [5.74, 6) is 0.766. The van der Waals surface area contributed by atoms with E-state index < -0.39 is 0 Å². The summed E-state index contributed by atoms with van der Waals surface area (Å²) in [4.78, 5) is 0. The van der Waals surface area contributed by atoms with Crippen molar-refractivity contribution in [3.8, 4) is 0 Å². The highest BCUT2D eigenvalue weighted by molar-refractivity contribution is 4.77. The van der Waals surface area contributed by atoms with Crippen LogP contribution >= 0.6 is 0 Å². The lowest BCUT2D eigenvalue weighted by atomic mass is 9.95. The second kappa shape index (κ2) is 4.07. The van der Waals surface area contributed by atoms with Crippen molar-refractivity contribution in [1.82, 2.24) is 5.32 Å². The van der Waals surface area contributed by atoms with Crippen LogP contribution in [-0.2, 0) is 0 Å². The Kier molecular flexibility index (Phi) is 3.34. The topological polar surface area (TPSA) is 32.3 Å². The Balaban J connectivity index is 2.17. The number of β-amino-alcohol motifs (C(OH)–C–C–N with tert-alkyl or cyclic N) is 1. The first kappa shape index (κ1) is 9.01. The lowest BCUT2D eigenvalue weighted by molar-refractivity contribution is 0.122. The molecule has 0 aromatic heterocycles. The zero-order valence-corrected chi connectivity index (χ0v) is 7.51. The van der Waals surface area contributed by atoms with E-state index in [4.69, 9.17) is 0 Å². The third kappa shape index (κ3) is 3.21. The van der Waals surface area contributed by atoms with Gasteiger partial charge in [0.15, 0.2) is 0 Å². The summed E-state index contributed by atoms with van der Waals surface area (Å²) in [6, 6.07) is 0.651.